The monoisotopic (exact) mass is 129 g/mol. The zero-order valence-corrected chi connectivity index (χ0v) is 5.00. The fourth-order valence-corrected chi connectivity index (χ4v) is 0.0713. The van der Waals surface area contributed by atoms with Crippen molar-refractivity contribution >= 4 is 6.16 Å². The lowest BCUT2D eigenvalue weighted by Crippen LogP contribution is -1.89. The van der Waals surface area contributed by atoms with Crippen molar-refractivity contribution in [2.45, 2.75) is 6.92 Å². The summed E-state index contributed by atoms with van der Waals surface area (Å²) >= 11 is 0. The molecule has 0 saturated carbocycles. The number of nitrogens with zero attached hydrogens (tertiary/aromatic N) is 1. The Hall–Kier alpha value is -1.50. The first-order chi connectivity index (χ1) is 4.18. The predicted molar refractivity (Wildman–Crippen MR) is 30.6 cm³/mol. The summed E-state index contributed by atoms with van der Waals surface area (Å²) in [6.45, 7) is 4.43. The van der Waals surface area contributed by atoms with Gasteiger partial charge in [0.15, 0.2) is 0 Å². The maximum atomic E-state index is 9.31. The number of nitriles is 1. The Kier molecular flexibility index (Phi) is 11.3. The molecule has 9 heavy (non-hydrogen) atoms. The zero-order chi connectivity index (χ0) is 7.70. The predicted octanol–water partition coefficient (Wildman–Crippen LogP) is 1.35. The largest absolute Gasteiger partial charge is 0.510 e. The normalized spacial score (nSPS) is 5.33. The molecule has 0 aromatic carbocycles. The van der Waals surface area contributed by atoms with Crippen LogP contribution in [0.3, 0.4) is 0 Å². The van der Waals surface area contributed by atoms with Gasteiger partial charge in [-0.05, 0) is 0 Å². The molecule has 4 nitrogen and oxygen atoms in total. The number of ether oxygens (including phenoxy) is 1. The first-order valence-electron chi connectivity index (χ1n) is 2.00. The van der Waals surface area contributed by atoms with Crippen molar-refractivity contribution in [1.29, 1.82) is 5.26 Å². The van der Waals surface area contributed by atoms with Crippen LogP contribution >= 0.6 is 0 Å². The molecular formula is C5H7NO3. The van der Waals surface area contributed by atoms with E-state index in [0.717, 1.165) is 6.26 Å². The van der Waals surface area contributed by atoms with Gasteiger partial charge < -0.3 is 9.84 Å². The molecule has 0 aliphatic rings. The van der Waals surface area contributed by atoms with Crippen LogP contribution in [0, 0.1) is 11.3 Å². The molecule has 50 valence electrons. The standard InChI is InChI=1S/C3H4O3.C2H3N/c1-2-6-3(4)5;1-2-3/h2H,1H2,(H,4,5);1H3. The van der Waals surface area contributed by atoms with E-state index in [2.05, 4.69) is 11.3 Å². The van der Waals surface area contributed by atoms with Gasteiger partial charge in [0.2, 0.25) is 0 Å². The number of carboxylic acid groups (broad SMARTS) is 1. The van der Waals surface area contributed by atoms with Gasteiger partial charge in [-0.15, -0.1) is 0 Å². The SMILES string of the molecule is C=COC(=O)O.CC#N. The third kappa shape index (κ3) is 58.5. The van der Waals surface area contributed by atoms with Gasteiger partial charge in [0.1, 0.15) is 0 Å². The summed E-state index contributed by atoms with van der Waals surface area (Å²) in [5.41, 5.74) is 0. The molecule has 0 aliphatic heterocycles. The highest BCUT2D eigenvalue weighted by atomic mass is 16.7. The highest BCUT2D eigenvalue weighted by Crippen LogP contribution is 1.70. The highest BCUT2D eigenvalue weighted by molar-refractivity contribution is 5.57. The van der Waals surface area contributed by atoms with Gasteiger partial charge in [0, 0.05) is 6.92 Å². The van der Waals surface area contributed by atoms with E-state index < -0.39 is 6.16 Å². The fraction of sp³-hybridized carbons (Fsp3) is 0.200. The molecule has 4 heteroatoms. The van der Waals surface area contributed by atoms with Crippen LogP contribution in [0.5, 0.6) is 0 Å². The Morgan fingerprint density at radius 1 is 2.00 bits per heavy atom. The van der Waals surface area contributed by atoms with E-state index in [9.17, 15) is 4.79 Å². The third-order valence-electron chi connectivity index (χ3n) is 0.184. The Morgan fingerprint density at radius 3 is 2.33 bits per heavy atom. The second kappa shape index (κ2) is 9.71. The number of hydrogen-bond donors (Lipinski definition) is 1. The van der Waals surface area contributed by atoms with Crippen LogP contribution < -0.4 is 0 Å². The van der Waals surface area contributed by atoms with Gasteiger partial charge in [0.05, 0.1) is 12.3 Å². The van der Waals surface area contributed by atoms with E-state index in [1.807, 2.05) is 0 Å². The molecule has 0 radical (unpaired) electrons. The topological polar surface area (TPSA) is 70.3 Å². The van der Waals surface area contributed by atoms with Crippen LogP contribution in [0.4, 0.5) is 4.79 Å². The van der Waals surface area contributed by atoms with Crippen LogP contribution in [0.15, 0.2) is 12.8 Å². The number of hydrogen-bond acceptors (Lipinski definition) is 3. The Balaban J connectivity index is 0. The highest BCUT2D eigenvalue weighted by Gasteiger charge is 1.84. The average Bonchev–Trinajstić information content (AvgIpc) is 1.67. The van der Waals surface area contributed by atoms with Crippen LogP contribution in [0.25, 0.3) is 0 Å². The maximum absolute atomic E-state index is 9.31. The van der Waals surface area contributed by atoms with Gasteiger partial charge in [-0.25, -0.2) is 4.79 Å². The molecule has 0 fully saturated rings. The van der Waals surface area contributed by atoms with Crippen molar-refractivity contribution in [2.75, 3.05) is 0 Å². The van der Waals surface area contributed by atoms with E-state index in [1.54, 1.807) is 6.07 Å². The number of carbonyl (C=O) groups is 1. The summed E-state index contributed by atoms with van der Waals surface area (Å²) < 4.78 is 3.72. The minimum Gasteiger partial charge on any atom is -0.449 e. The van der Waals surface area contributed by atoms with E-state index in [0.29, 0.717) is 0 Å². The van der Waals surface area contributed by atoms with Crippen LogP contribution in [-0.2, 0) is 4.74 Å². The lowest BCUT2D eigenvalue weighted by Gasteiger charge is -1.81. The first kappa shape index (κ1) is 10.5. The molecule has 0 aliphatic carbocycles. The van der Waals surface area contributed by atoms with Gasteiger partial charge in [0.25, 0.3) is 0 Å². The molecule has 0 amide bonds. The van der Waals surface area contributed by atoms with Crippen molar-refractivity contribution in [3.63, 3.8) is 0 Å². The molecule has 1 N–H and O–H groups in total. The van der Waals surface area contributed by atoms with Crippen molar-refractivity contribution in [3.05, 3.63) is 12.8 Å². The summed E-state index contributed by atoms with van der Waals surface area (Å²) in [6.07, 6.45) is -0.479. The molecule has 0 aromatic heterocycles. The zero-order valence-electron chi connectivity index (χ0n) is 5.00. The quantitative estimate of drug-likeness (QED) is 0.428. The van der Waals surface area contributed by atoms with Crippen LogP contribution in [-0.4, -0.2) is 11.3 Å². The lowest BCUT2D eigenvalue weighted by atomic mass is 11.0. The maximum Gasteiger partial charge on any atom is 0.510 e. The van der Waals surface area contributed by atoms with Gasteiger partial charge >= 0.3 is 6.16 Å². The lowest BCUT2D eigenvalue weighted by molar-refractivity contribution is 0.128. The smallest absolute Gasteiger partial charge is 0.449 e. The van der Waals surface area contributed by atoms with Crippen LogP contribution in [0.2, 0.25) is 0 Å². The van der Waals surface area contributed by atoms with Crippen molar-refractivity contribution in [3.8, 4) is 6.07 Å². The molecular weight excluding hydrogens is 122 g/mol. The second-order valence-electron chi connectivity index (χ2n) is 0.774. The average molecular weight is 129 g/mol. The molecule has 0 aromatic rings. The van der Waals surface area contributed by atoms with Crippen molar-refractivity contribution < 1.29 is 14.6 Å². The summed E-state index contributed by atoms with van der Waals surface area (Å²) in [7, 11) is 0. The Morgan fingerprint density at radius 2 is 2.33 bits per heavy atom. The third-order valence-corrected chi connectivity index (χ3v) is 0.184. The van der Waals surface area contributed by atoms with E-state index in [-0.39, 0.29) is 0 Å². The van der Waals surface area contributed by atoms with Crippen LogP contribution in [0.1, 0.15) is 6.92 Å². The minimum absolute atomic E-state index is 0.850. The molecule has 0 atom stereocenters. The molecule has 0 unspecified atom stereocenters. The first-order valence-corrected chi connectivity index (χ1v) is 2.00. The molecule has 0 heterocycles. The fourth-order valence-electron chi connectivity index (χ4n) is 0.0713. The summed E-state index contributed by atoms with van der Waals surface area (Å²) in [6, 6.07) is 1.75. The molecule has 0 rings (SSSR count). The molecule has 0 saturated heterocycles. The summed E-state index contributed by atoms with van der Waals surface area (Å²) in [5.74, 6) is 0. The van der Waals surface area contributed by atoms with Crippen molar-refractivity contribution in [1.82, 2.24) is 0 Å². The molecule has 0 spiro atoms. The summed E-state index contributed by atoms with van der Waals surface area (Å²) in [5, 5.41) is 14.9. The van der Waals surface area contributed by atoms with Gasteiger partial charge in [-0.1, -0.05) is 6.58 Å². The Labute approximate surface area is 53.0 Å². The minimum atomic E-state index is -1.33. The van der Waals surface area contributed by atoms with Crippen molar-refractivity contribution in [2.24, 2.45) is 0 Å². The number of rotatable bonds is 1. The Bertz CT molecular complexity index is 125. The molecule has 0 bridgehead atoms. The second-order valence-corrected chi connectivity index (χ2v) is 0.774. The van der Waals surface area contributed by atoms with E-state index in [1.165, 1.54) is 6.92 Å². The summed E-state index contributed by atoms with van der Waals surface area (Å²) in [4.78, 5) is 9.31. The van der Waals surface area contributed by atoms with Gasteiger partial charge in [-0.3, -0.25) is 0 Å². The van der Waals surface area contributed by atoms with Gasteiger partial charge in [-0.2, -0.15) is 5.26 Å². The van der Waals surface area contributed by atoms with E-state index >= 15 is 0 Å². The van der Waals surface area contributed by atoms with E-state index in [4.69, 9.17) is 10.4 Å².